The van der Waals surface area contributed by atoms with Crippen LogP contribution >= 0.6 is 0 Å². The van der Waals surface area contributed by atoms with Crippen LogP contribution in [0.15, 0.2) is 53.6 Å². The van der Waals surface area contributed by atoms with Crippen molar-refractivity contribution in [2.45, 2.75) is 18.7 Å². The maximum Gasteiger partial charge on any atom is 0.411 e. The number of carbonyl (C=O) groups is 3. The van der Waals surface area contributed by atoms with Gasteiger partial charge in [-0.2, -0.15) is 0 Å². The number of cyclic esters (lactones) is 2. The number of esters is 2. The maximum absolute atomic E-state index is 12.3. The Kier molecular flexibility index (Phi) is 2.66. The zero-order valence-corrected chi connectivity index (χ0v) is 11.4. The lowest BCUT2D eigenvalue weighted by Gasteiger charge is -2.24. The van der Waals surface area contributed by atoms with Crippen molar-refractivity contribution >= 4 is 18.0 Å². The second-order valence-electron chi connectivity index (χ2n) is 5.23. The molecule has 110 valence electrons. The van der Waals surface area contributed by atoms with E-state index >= 15 is 0 Å². The quantitative estimate of drug-likeness (QED) is 0.468. The Balaban J connectivity index is 1.50. The summed E-state index contributed by atoms with van der Waals surface area (Å²) in [5.41, 5.74) is 1.38. The van der Waals surface area contributed by atoms with Crippen LogP contribution in [0, 0.1) is 0 Å². The molecule has 0 saturated heterocycles. The predicted octanol–water partition coefficient (Wildman–Crippen LogP) is 1.33. The summed E-state index contributed by atoms with van der Waals surface area (Å²) in [6, 6.07) is 8.16. The highest BCUT2D eigenvalue weighted by Gasteiger charge is 2.55. The van der Waals surface area contributed by atoms with Crippen LogP contribution in [-0.2, 0) is 25.7 Å². The van der Waals surface area contributed by atoms with Gasteiger partial charge in [0.15, 0.2) is 0 Å². The average Bonchev–Trinajstić information content (AvgIpc) is 3.17. The molecule has 6 heteroatoms. The molecule has 3 aliphatic rings. The van der Waals surface area contributed by atoms with Gasteiger partial charge in [0, 0.05) is 0 Å². The largest absolute Gasteiger partial charge is 0.445 e. The van der Waals surface area contributed by atoms with Gasteiger partial charge in [0.2, 0.25) is 0 Å². The number of ether oxygens (including phenoxy) is 2. The zero-order valence-electron chi connectivity index (χ0n) is 11.4. The Morgan fingerprint density at radius 1 is 1.05 bits per heavy atom. The van der Waals surface area contributed by atoms with Crippen molar-refractivity contribution in [3.8, 4) is 0 Å². The van der Waals surface area contributed by atoms with E-state index in [0.29, 0.717) is 0 Å². The van der Waals surface area contributed by atoms with E-state index in [9.17, 15) is 14.4 Å². The molecule has 2 unspecified atom stereocenters. The van der Waals surface area contributed by atoms with Crippen molar-refractivity contribution in [3.05, 3.63) is 59.2 Å². The van der Waals surface area contributed by atoms with Crippen LogP contribution < -0.4 is 0 Å². The van der Waals surface area contributed by atoms with Crippen molar-refractivity contribution < 1.29 is 23.9 Å². The van der Waals surface area contributed by atoms with E-state index in [-0.39, 0.29) is 17.8 Å². The molecule has 2 bridgehead atoms. The van der Waals surface area contributed by atoms with Crippen LogP contribution in [0.3, 0.4) is 0 Å². The van der Waals surface area contributed by atoms with Crippen molar-refractivity contribution in [1.29, 1.82) is 0 Å². The van der Waals surface area contributed by atoms with Crippen LogP contribution in [-0.4, -0.2) is 35.0 Å². The molecule has 0 aliphatic carbocycles. The number of hydrogen-bond donors (Lipinski definition) is 0. The SMILES string of the molecule is O=C1OC(=O)C2=C1C1C=CC2N1C(=O)OCc1ccccc1. The summed E-state index contributed by atoms with van der Waals surface area (Å²) < 4.78 is 9.88. The molecule has 0 N–H and O–H groups in total. The van der Waals surface area contributed by atoms with Crippen molar-refractivity contribution in [2.24, 2.45) is 0 Å². The molecular formula is C16H11NO5. The number of hydrogen-bond acceptors (Lipinski definition) is 5. The van der Waals surface area contributed by atoms with Gasteiger partial charge in [-0.3, -0.25) is 4.90 Å². The molecule has 0 fully saturated rings. The first-order chi connectivity index (χ1) is 10.7. The molecule has 0 radical (unpaired) electrons. The lowest BCUT2D eigenvalue weighted by molar-refractivity contribution is -0.151. The van der Waals surface area contributed by atoms with Gasteiger partial charge in [-0.05, 0) is 5.56 Å². The number of benzene rings is 1. The third-order valence-electron chi connectivity index (χ3n) is 4.00. The molecule has 2 atom stereocenters. The van der Waals surface area contributed by atoms with Crippen molar-refractivity contribution in [1.82, 2.24) is 4.90 Å². The van der Waals surface area contributed by atoms with Crippen molar-refractivity contribution in [3.63, 3.8) is 0 Å². The van der Waals surface area contributed by atoms with E-state index < -0.39 is 30.1 Å². The van der Waals surface area contributed by atoms with Crippen LogP contribution in [0.25, 0.3) is 0 Å². The third-order valence-corrected chi connectivity index (χ3v) is 4.00. The summed E-state index contributed by atoms with van der Waals surface area (Å²) in [4.78, 5) is 37.1. The minimum absolute atomic E-state index is 0.138. The molecule has 4 rings (SSSR count). The highest BCUT2D eigenvalue weighted by molar-refractivity contribution is 6.16. The summed E-state index contributed by atoms with van der Waals surface area (Å²) in [6.07, 6.45) is 2.87. The molecule has 1 aromatic rings. The monoisotopic (exact) mass is 297 g/mol. The van der Waals surface area contributed by atoms with Gasteiger partial charge in [-0.25, -0.2) is 14.4 Å². The van der Waals surface area contributed by atoms with Gasteiger partial charge in [-0.15, -0.1) is 0 Å². The van der Waals surface area contributed by atoms with Gasteiger partial charge in [0.25, 0.3) is 0 Å². The number of rotatable bonds is 2. The van der Waals surface area contributed by atoms with Crippen LogP contribution in [0.5, 0.6) is 0 Å². The van der Waals surface area contributed by atoms with E-state index in [1.165, 1.54) is 4.90 Å². The lowest BCUT2D eigenvalue weighted by Crippen LogP contribution is -2.40. The summed E-state index contributed by atoms with van der Waals surface area (Å²) in [5, 5.41) is 0. The van der Waals surface area contributed by atoms with Gasteiger partial charge in [0.05, 0.1) is 23.2 Å². The Labute approximate surface area is 125 Å². The molecule has 3 aliphatic heterocycles. The Bertz CT molecular complexity index is 715. The summed E-state index contributed by atoms with van der Waals surface area (Å²) in [7, 11) is 0. The number of nitrogens with zero attached hydrogens (tertiary/aromatic N) is 1. The fourth-order valence-corrected chi connectivity index (χ4v) is 3.03. The van der Waals surface area contributed by atoms with Crippen LogP contribution in [0.1, 0.15) is 5.56 Å². The molecule has 0 saturated carbocycles. The predicted molar refractivity (Wildman–Crippen MR) is 73.3 cm³/mol. The van der Waals surface area contributed by atoms with E-state index in [1.54, 1.807) is 12.2 Å². The standard InChI is InChI=1S/C16H11NO5/c18-14-12-10-6-7-11(13(12)15(19)22-14)17(10)16(20)21-8-9-4-2-1-3-5-9/h1-7,10-11H,8H2. The van der Waals surface area contributed by atoms with Crippen LogP contribution in [0.4, 0.5) is 4.79 Å². The summed E-state index contributed by atoms with van der Waals surface area (Å²) in [5.74, 6) is -1.34. The maximum atomic E-state index is 12.3. The normalized spacial score (nSPS) is 24.8. The Morgan fingerprint density at radius 2 is 1.64 bits per heavy atom. The summed E-state index contributed by atoms with van der Waals surface area (Å²) in [6.45, 7) is 0.138. The minimum atomic E-state index is -0.669. The second kappa shape index (κ2) is 4.56. The fourth-order valence-electron chi connectivity index (χ4n) is 3.03. The molecular weight excluding hydrogens is 286 g/mol. The topological polar surface area (TPSA) is 72.9 Å². The van der Waals surface area contributed by atoms with Crippen molar-refractivity contribution in [2.75, 3.05) is 0 Å². The third kappa shape index (κ3) is 1.70. The second-order valence-corrected chi connectivity index (χ2v) is 5.23. The molecule has 1 amide bonds. The highest BCUT2D eigenvalue weighted by Crippen LogP contribution is 2.42. The zero-order chi connectivity index (χ0) is 15.3. The number of fused-ring (bicyclic) bond motifs is 4. The van der Waals surface area contributed by atoms with Gasteiger partial charge in [0.1, 0.15) is 6.61 Å². The lowest BCUT2D eigenvalue weighted by atomic mass is 9.99. The van der Waals surface area contributed by atoms with E-state index in [2.05, 4.69) is 4.74 Å². The molecule has 22 heavy (non-hydrogen) atoms. The smallest absolute Gasteiger partial charge is 0.411 e. The number of carbonyl (C=O) groups excluding carboxylic acids is 3. The Morgan fingerprint density at radius 3 is 2.23 bits per heavy atom. The van der Waals surface area contributed by atoms with E-state index in [4.69, 9.17) is 4.74 Å². The minimum Gasteiger partial charge on any atom is -0.445 e. The first kappa shape index (κ1) is 12.8. The highest BCUT2D eigenvalue weighted by atomic mass is 16.6. The average molecular weight is 297 g/mol. The fraction of sp³-hybridized carbons (Fsp3) is 0.188. The van der Waals surface area contributed by atoms with E-state index in [0.717, 1.165) is 5.56 Å². The molecule has 3 heterocycles. The molecule has 1 aromatic carbocycles. The molecule has 0 aromatic heterocycles. The van der Waals surface area contributed by atoms with Gasteiger partial charge < -0.3 is 9.47 Å². The van der Waals surface area contributed by atoms with Gasteiger partial charge >= 0.3 is 18.0 Å². The van der Waals surface area contributed by atoms with Crippen LogP contribution in [0.2, 0.25) is 0 Å². The first-order valence-corrected chi connectivity index (χ1v) is 6.85. The first-order valence-electron chi connectivity index (χ1n) is 6.85. The van der Waals surface area contributed by atoms with Gasteiger partial charge in [-0.1, -0.05) is 42.5 Å². The summed E-state index contributed by atoms with van der Waals surface area (Å²) >= 11 is 0. The van der Waals surface area contributed by atoms with E-state index in [1.807, 2.05) is 30.3 Å². The number of amides is 1. The molecule has 0 spiro atoms. The molecule has 6 nitrogen and oxygen atoms in total. The Hall–Kier alpha value is -2.89.